The first-order valence-electron chi connectivity index (χ1n) is 8.72. The summed E-state index contributed by atoms with van der Waals surface area (Å²) in [6.45, 7) is 3.07. The van der Waals surface area contributed by atoms with Crippen molar-refractivity contribution in [1.29, 1.82) is 0 Å². The number of thiophene rings is 1. The molecule has 7 heteroatoms. The molecule has 27 heavy (non-hydrogen) atoms. The van der Waals surface area contributed by atoms with Crippen LogP contribution in [0.1, 0.15) is 12.5 Å². The summed E-state index contributed by atoms with van der Waals surface area (Å²) in [6.07, 6.45) is 0.794. The van der Waals surface area contributed by atoms with Crippen molar-refractivity contribution in [3.05, 3.63) is 46.7 Å². The molecule has 1 N–H and O–H groups in total. The van der Waals surface area contributed by atoms with Crippen molar-refractivity contribution in [3.63, 3.8) is 0 Å². The van der Waals surface area contributed by atoms with Crippen LogP contribution in [-0.2, 0) is 11.2 Å². The van der Waals surface area contributed by atoms with Gasteiger partial charge in [-0.1, -0.05) is 0 Å². The number of benzene rings is 1. The predicted molar refractivity (Wildman–Crippen MR) is 106 cm³/mol. The molecule has 3 aromatic rings. The fourth-order valence-electron chi connectivity index (χ4n) is 2.66. The van der Waals surface area contributed by atoms with Gasteiger partial charge in [-0.05, 0) is 41.4 Å². The van der Waals surface area contributed by atoms with E-state index in [4.69, 9.17) is 18.9 Å². The molecule has 2 aromatic heterocycles. The molecule has 0 spiro atoms. The lowest BCUT2D eigenvalue weighted by Gasteiger charge is -2.16. The third-order valence-corrected chi connectivity index (χ3v) is 4.66. The molecular formula is C20H24N2O4S. The van der Waals surface area contributed by atoms with Crippen LogP contribution in [-0.4, -0.2) is 43.7 Å². The monoisotopic (exact) mass is 388 g/mol. The van der Waals surface area contributed by atoms with Crippen molar-refractivity contribution in [2.75, 3.05) is 27.4 Å². The number of aromatic nitrogens is 2. The van der Waals surface area contributed by atoms with E-state index in [0.29, 0.717) is 19.1 Å². The highest BCUT2D eigenvalue weighted by Crippen LogP contribution is 2.31. The topological polar surface area (TPSA) is 65.6 Å². The second kappa shape index (κ2) is 9.43. The smallest absolute Gasteiger partial charge is 0.232 e. The van der Waals surface area contributed by atoms with E-state index in [-0.39, 0.29) is 6.10 Å². The molecule has 1 unspecified atom stereocenters. The molecule has 1 aromatic carbocycles. The molecule has 1 atom stereocenters. The molecule has 0 aliphatic carbocycles. The number of methoxy groups -OCH3 is 2. The third kappa shape index (κ3) is 5.48. The lowest BCUT2D eigenvalue weighted by Crippen LogP contribution is -2.18. The average molecular weight is 388 g/mol. The highest BCUT2D eigenvalue weighted by Gasteiger charge is 2.11. The van der Waals surface area contributed by atoms with Gasteiger partial charge in [0.1, 0.15) is 17.6 Å². The van der Waals surface area contributed by atoms with Crippen molar-refractivity contribution >= 4 is 11.3 Å². The second-order valence-corrected chi connectivity index (χ2v) is 6.91. The van der Waals surface area contributed by atoms with Gasteiger partial charge in [-0.2, -0.15) is 11.3 Å². The van der Waals surface area contributed by atoms with Crippen LogP contribution in [0.15, 0.2) is 41.1 Å². The maximum atomic E-state index is 5.98. The lowest BCUT2D eigenvalue weighted by molar-refractivity contribution is 0.0919. The highest BCUT2D eigenvalue weighted by molar-refractivity contribution is 7.07. The Morgan fingerprint density at radius 2 is 2.00 bits per heavy atom. The quantitative estimate of drug-likeness (QED) is 0.564. The SMILES string of the molecule is COCC(C)Oc1cc(OCCc2ccsc2)cc(-c2cc(OC)n[nH]2)c1. The minimum absolute atomic E-state index is 0.0693. The van der Waals surface area contributed by atoms with E-state index in [1.807, 2.05) is 31.2 Å². The number of hydrogen-bond acceptors (Lipinski definition) is 6. The van der Waals surface area contributed by atoms with E-state index in [2.05, 4.69) is 27.0 Å². The van der Waals surface area contributed by atoms with Crippen LogP contribution in [0.3, 0.4) is 0 Å². The van der Waals surface area contributed by atoms with Gasteiger partial charge in [0.2, 0.25) is 5.88 Å². The Hall–Kier alpha value is -2.51. The third-order valence-electron chi connectivity index (χ3n) is 3.93. The maximum Gasteiger partial charge on any atom is 0.232 e. The second-order valence-electron chi connectivity index (χ2n) is 6.13. The Bertz CT molecular complexity index is 832. The number of ether oxygens (including phenoxy) is 4. The predicted octanol–water partition coefficient (Wildman–Crippen LogP) is 4.18. The van der Waals surface area contributed by atoms with Crippen LogP contribution in [0.4, 0.5) is 0 Å². The van der Waals surface area contributed by atoms with Gasteiger partial charge in [0.15, 0.2) is 0 Å². The van der Waals surface area contributed by atoms with Gasteiger partial charge >= 0.3 is 0 Å². The van der Waals surface area contributed by atoms with E-state index in [0.717, 1.165) is 29.2 Å². The summed E-state index contributed by atoms with van der Waals surface area (Å²) in [6, 6.07) is 9.77. The van der Waals surface area contributed by atoms with Gasteiger partial charge in [-0.25, -0.2) is 0 Å². The summed E-state index contributed by atoms with van der Waals surface area (Å²) in [5.41, 5.74) is 3.03. The Labute approximate surface area is 163 Å². The molecule has 144 valence electrons. The summed E-state index contributed by atoms with van der Waals surface area (Å²) < 4.78 is 22.3. The number of aromatic amines is 1. The van der Waals surface area contributed by atoms with Crippen LogP contribution in [0, 0.1) is 0 Å². The Kier molecular flexibility index (Phi) is 6.73. The van der Waals surface area contributed by atoms with Crippen LogP contribution in [0.5, 0.6) is 17.4 Å². The average Bonchev–Trinajstić information content (AvgIpc) is 3.33. The zero-order chi connectivity index (χ0) is 19.1. The molecule has 3 rings (SSSR count). The molecule has 0 bridgehead atoms. The van der Waals surface area contributed by atoms with Crippen molar-refractivity contribution in [2.24, 2.45) is 0 Å². The Balaban J connectivity index is 1.78. The number of H-pyrrole nitrogens is 1. The fourth-order valence-corrected chi connectivity index (χ4v) is 3.36. The van der Waals surface area contributed by atoms with Gasteiger partial charge in [0, 0.05) is 31.2 Å². The van der Waals surface area contributed by atoms with Gasteiger partial charge in [-0.3, -0.25) is 5.10 Å². The van der Waals surface area contributed by atoms with Crippen LogP contribution >= 0.6 is 11.3 Å². The molecule has 0 amide bonds. The molecule has 0 radical (unpaired) electrons. The summed E-state index contributed by atoms with van der Waals surface area (Å²) in [5, 5.41) is 11.3. The number of rotatable bonds is 10. The molecule has 0 saturated carbocycles. The number of nitrogens with one attached hydrogen (secondary N) is 1. The van der Waals surface area contributed by atoms with E-state index >= 15 is 0 Å². The summed E-state index contributed by atoms with van der Waals surface area (Å²) in [7, 11) is 3.25. The standard InChI is InChI=1S/C20H24N2O4S/c1-14(12-23-2)26-18-9-16(19-11-20(24-3)22-21-19)8-17(10-18)25-6-4-15-5-7-27-13-15/h5,7-11,13-14H,4,6,12H2,1-3H3,(H,21,22). The van der Waals surface area contributed by atoms with Crippen molar-refractivity contribution in [2.45, 2.75) is 19.4 Å². The largest absolute Gasteiger partial charge is 0.493 e. The van der Waals surface area contributed by atoms with Crippen molar-refractivity contribution in [1.82, 2.24) is 10.2 Å². The van der Waals surface area contributed by atoms with E-state index in [9.17, 15) is 0 Å². The van der Waals surface area contributed by atoms with Crippen LogP contribution in [0.25, 0.3) is 11.3 Å². The van der Waals surface area contributed by atoms with Gasteiger partial charge in [0.05, 0.1) is 26.0 Å². The molecule has 0 aliphatic rings. The highest BCUT2D eigenvalue weighted by atomic mass is 32.1. The van der Waals surface area contributed by atoms with Gasteiger partial charge < -0.3 is 18.9 Å². The normalized spacial score (nSPS) is 12.0. The van der Waals surface area contributed by atoms with E-state index in [1.54, 1.807) is 25.6 Å². The first-order chi connectivity index (χ1) is 13.2. The number of hydrogen-bond donors (Lipinski definition) is 1. The summed E-state index contributed by atoms with van der Waals surface area (Å²) >= 11 is 1.69. The fraction of sp³-hybridized carbons (Fsp3) is 0.350. The summed E-state index contributed by atoms with van der Waals surface area (Å²) in [4.78, 5) is 0. The first-order valence-corrected chi connectivity index (χ1v) is 9.66. The van der Waals surface area contributed by atoms with E-state index < -0.39 is 0 Å². The van der Waals surface area contributed by atoms with Gasteiger partial charge in [0.25, 0.3) is 0 Å². The molecular weight excluding hydrogens is 364 g/mol. The zero-order valence-electron chi connectivity index (χ0n) is 15.7. The molecule has 6 nitrogen and oxygen atoms in total. The van der Waals surface area contributed by atoms with E-state index in [1.165, 1.54) is 5.56 Å². The number of nitrogens with zero attached hydrogens (tertiary/aromatic N) is 1. The summed E-state index contributed by atoms with van der Waals surface area (Å²) in [5.74, 6) is 2.00. The lowest BCUT2D eigenvalue weighted by atomic mass is 10.1. The Morgan fingerprint density at radius 1 is 1.15 bits per heavy atom. The molecule has 2 heterocycles. The van der Waals surface area contributed by atoms with Crippen molar-refractivity contribution in [3.8, 4) is 28.6 Å². The Morgan fingerprint density at radius 3 is 2.70 bits per heavy atom. The van der Waals surface area contributed by atoms with Gasteiger partial charge in [-0.15, -0.1) is 5.10 Å². The van der Waals surface area contributed by atoms with Crippen molar-refractivity contribution < 1.29 is 18.9 Å². The molecule has 0 aliphatic heterocycles. The van der Waals surface area contributed by atoms with Crippen LogP contribution in [0.2, 0.25) is 0 Å². The zero-order valence-corrected chi connectivity index (χ0v) is 16.5. The van der Waals surface area contributed by atoms with Crippen LogP contribution < -0.4 is 14.2 Å². The minimum Gasteiger partial charge on any atom is -0.493 e. The minimum atomic E-state index is -0.0693. The maximum absolute atomic E-state index is 5.98. The first kappa shape index (κ1) is 19.3. The molecule has 0 fully saturated rings. The molecule has 0 saturated heterocycles.